The Kier molecular flexibility index (Phi) is 7.00. The van der Waals surface area contributed by atoms with Crippen LogP contribution in [0.1, 0.15) is 22.7 Å². The molecule has 0 saturated carbocycles. The lowest BCUT2D eigenvalue weighted by molar-refractivity contribution is -0.136. The second-order valence-corrected chi connectivity index (χ2v) is 6.85. The van der Waals surface area contributed by atoms with Gasteiger partial charge in [-0.3, -0.25) is 4.79 Å². The lowest BCUT2D eigenvalue weighted by atomic mass is 9.99. The SMILES string of the molecule is COCC(N)c1cccc(-c2cccc(COc3ccccc3CC(=O)O)c2)c1. The molecule has 0 amide bonds. The second kappa shape index (κ2) is 9.87. The first-order valence-corrected chi connectivity index (χ1v) is 9.43. The molecule has 0 bridgehead atoms. The first-order chi connectivity index (χ1) is 14.1. The van der Waals surface area contributed by atoms with Gasteiger partial charge in [-0.05, 0) is 40.5 Å². The van der Waals surface area contributed by atoms with Gasteiger partial charge in [0.1, 0.15) is 12.4 Å². The summed E-state index contributed by atoms with van der Waals surface area (Å²) in [5.41, 5.74) is 11.0. The molecular formula is C24H25NO4. The van der Waals surface area contributed by atoms with Crippen LogP contribution >= 0.6 is 0 Å². The van der Waals surface area contributed by atoms with Gasteiger partial charge in [0.25, 0.3) is 0 Å². The van der Waals surface area contributed by atoms with Gasteiger partial charge in [0, 0.05) is 12.7 Å². The number of ether oxygens (including phenoxy) is 2. The number of hydrogen-bond acceptors (Lipinski definition) is 4. The summed E-state index contributed by atoms with van der Waals surface area (Å²) in [6.45, 7) is 0.820. The number of rotatable bonds is 9. The van der Waals surface area contributed by atoms with Crippen LogP contribution in [0.25, 0.3) is 11.1 Å². The maximum atomic E-state index is 11.0. The van der Waals surface area contributed by atoms with Crippen molar-refractivity contribution in [2.75, 3.05) is 13.7 Å². The number of carboxylic acid groups (broad SMARTS) is 1. The Morgan fingerprint density at radius 3 is 2.48 bits per heavy atom. The third-order valence-corrected chi connectivity index (χ3v) is 4.63. The van der Waals surface area contributed by atoms with Crippen LogP contribution in [0.3, 0.4) is 0 Å². The maximum absolute atomic E-state index is 11.0. The highest BCUT2D eigenvalue weighted by molar-refractivity contribution is 5.71. The molecule has 0 aliphatic heterocycles. The predicted molar refractivity (Wildman–Crippen MR) is 113 cm³/mol. The van der Waals surface area contributed by atoms with Gasteiger partial charge in [-0.15, -0.1) is 0 Å². The van der Waals surface area contributed by atoms with Crippen LogP contribution < -0.4 is 10.5 Å². The molecule has 0 radical (unpaired) electrons. The second-order valence-electron chi connectivity index (χ2n) is 6.85. The summed E-state index contributed by atoms with van der Waals surface area (Å²) in [5.74, 6) is -0.289. The van der Waals surface area contributed by atoms with E-state index in [0.717, 1.165) is 22.3 Å². The van der Waals surface area contributed by atoms with Crippen LogP contribution in [-0.2, 0) is 22.6 Å². The van der Waals surface area contributed by atoms with Gasteiger partial charge in [-0.1, -0.05) is 54.6 Å². The molecule has 1 atom stereocenters. The monoisotopic (exact) mass is 391 g/mol. The fourth-order valence-corrected chi connectivity index (χ4v) is 3.18. The number of para-hydroxylation sites is 1. The van der Waals surface area contributed by atoms with Gasteiger partial charge in [0.2, 0.25) is 0 Å². The van der Waals surface area contributed by atoms with Gasteiger partial charge < -0.3 is 20.3 Å². The lowest BCUT2D eigenvalue weighted by Gasteiger charge is -2.13. The summed E-state index contributed by atoms with van der Waals surface area (Å²) in [5, 5.41) is 9.06. The third kappa shape index (κ3) is 5.67. The molecule has 3 aromatic rings. The number of hydrogen-bond donors (Lipinski definition) is 2. The van der Waals surface area contributed by atoms with E-state index in [1.54, 1.807) is 19.2 Å². The first-order valence-electron chi connectivity index (χ1n) is 9.43. The summed E-state index contributed by atoms with van der Waals surface area (Å²) in [6, 6.07) is 23.3. The molecule has 3 rings (SSSR count). The highest BCUT2D eigenvalue weighted by Gasteiger charge is 2.09. The third-order valence-electron chi connectivity index (χ3n) is 4.63. The first kappa shape index (κ1) is 20.6. The highest BCUT2D eigenvalue weighted by atomic mass is 16.5. The van der Waals surface area contributed by atoms with Crippen molar-refractivity contribution in [1.82, 2.24) is 0 Å². The largest absolute Gasteiger partial charge is 0.489 e. The predicted octanol–water partition coefficient (Wildman–Crippen LogP) is 4.21. The highest BCUT2D eigenvalue weighted by Crippen LogP contribution is 2.25. The Balaban J connectivity index is 1.76. The van der Waals surface area contributed by atoms with Crippen molar-refractivity contribution in [1.29, 1.82) is 0 Å². The molecule has 0 aliphatic carbocycles. The van der Waals surface area contributed by atoms with E-state index in [1.807, 2.05) is 48.5 Å². The van der Waals surface area contributed by atoms with Gasteiger partial charge in [0.15, 0.2) is 0 Å². The summed E-state index contributed by atoms with van der Waals surface area (Å²) >= 11 is 0. The van der Waals surface area contributed by atoms with Crippen LogP contribution in [-0.4, -0.2) is 24.8 Å². The van der Waals surface area contributed by atoms with E-state index in [0.29, 0.717) is 24.5 Å². The Morgan fingerprint density at radius 2 is 1.72 bits per heavy atom. The van der Waals surface area contributed by atoms with Crippen LogP contribution in [0.2, 0.25) is 0 Å². The fourth-order valence-electron chi connectivity index (χ4n) is 3.18. The van der Waals surface area contributed by atoms with Crippen molar-refractivity contribution in [3.05, 3.63) is 89.5 Å². The van der Waals surface area contributed by atoms with E-state index in [9.17, 15) is 4.79 Å². The Morgan fingerprint density at radius 1 is 1.00 bits per heavy atom. The van der Waals surface area contributed by atoms with E-state index in [4.69, 9.17) is 20.3 Å². The minimum absolute atomic E-state index is 0.0647. The molecule has 0 saturated heterocycles. The van der Waals surface area contributed by atoms with Gasteiger partial charge in [-0.25, -0.2) is 0 Å². The Bertz CT molecular complexity index is 970. The van der Waals surface area contributed by atoms with Crippen LogP contribution in [0.15, 0.2) is 72.8 Å². The van der Waals surface area contributed by atoms with E-state index in [1.165, 1.54) is 0 Å². The zero-order chi connectivity index (χ0) is 20.6. The molecule has 1 unspecified atom stereocenters. The number of nitrogens with two attached hydrogens (primary N) is 1. The van der Waals surface area contributed by atoms with Crippen LogP contribution in [0.4, 0.5) is 0 Å². The van der Waals surface area contributed by atoms with Crippen molar-refractivity contribution in [2.45, 2.75) is 19.1 Å². The van der Waals surface area contributed by atoms with Gasteiger partial charge in [0.05, 0.1) is 19.1 Å². The minimum Gasteiger partial charge on any atom is -0.489 e. The molecule has 3 aromatic carbocycles. The lowest BCUT2D eigenvalue weighted by Crippen LogP contribution is -2.15. The van der Waals surface area contributed by atoms with E-state index in [-0.39, 0.29) is 12.5 Å². The van der Waals surface area contributed by atoms with E-state index in [2.05, 4.69) is 12.1 Å². The molecule has 0 aromatic heterocycles. The molecule has 3 N–H and O–H groups in total. The van der Waals surface area contributed by atoms with Gasteiger partial charge in [-0.2, -0.15) is 0 Å². The molecule has 5 nitrogen and oxygen atoms in total. The smallest absolute Gasteiger partial charge is 0.307 e. The summed E-state index contributed by atoms with van der Waals surface area (Å²) < 4.78 is 11.1. The molecule has 0 spiro atoms. The maximum Gasteiger partial charge on any atom is 0.307 e. The van der Waals surface area contributed by atoms with E-state index >= 15 is 0 Å². The van der Waals surface area contributed by atoms with Crippen molar-refractivity contribution < 1.29 is 19.4 Å². The topological polar surface area (TPSA) is 81.8 Å². The average molecular weight is 391 g/mol. The number of methoxy groups -OCH3 is 1. The zero-order valence-electron chi connectivity index (χ0n) is 16.4. The fraction of sp³-hybridized carbons (Fsp3) is 0.208. The van der Waals surface area contributed by atoms with Crippen LogP contribution in [0.5, 0.6) is 5.75 Å². The van der Waals surface area contributed by atoms with Crippen molar-refractivity contribution in [3.63, 3.8) is 0 Å². The number of aliphatic carboxylic acids is 1. The number of benzene rings is 3. The van der Waals surface area contributed by atoms with Crippen molar-refractivity contribution in [2.24, 2.45) is 5.73 Å². The van der Waals surface area contributed by atoms with Crippen LogP contribution in [0, 0.1) is 0 Å². The standard InChI is InChI=1S/C24H25NO4/c1-28-16-22(25)20-10-5-9-19(13-20)18-8-4-6-17(12-18)15-29-23-11-3-2-7-21(23)14-24(26)27/h2-13,22H,14-16,25H2,1H3,(H,26,27). The molecule has 29 heavy (non-hydrogen) atoms. The Hall–Kier alpha value is -3.15. The molecular weight excluding hydrogens is 366 g/mol. The molecule has 0 aliphatic rings. The average Bonchev–Trinajstić information content (AvgIpc) is 2.73. The van der Waals surface area contributed by atoms with Crippen molar-refractivity contribution in [3.8, 4) is 16.9 Å². The molecule has 0 fully saturated rings. The Labute approximate surface area is 170 Å². The number of carbonyl (C=O) groups is 1. The van der Waals surface area contributed by atoms with Crippen molar-refractivity contribution >= 4 is 5.97 Å². The summed E-state index contributed by atoms with van der Waals surface area (Å²) in [4.78, 5) is 11.0. The van der Waals surface area contributed by atoms with Gasteiger partial charge >= 0.3 is 5.97 Å². The normalized spacial score (nSPS) is 11.8. The molecule has 150 valence electrons. The number of carboxylic acids is 1. The quantitative estimate of drug-likeness (QED) is 0.571. The summed E-state index contributed by atoms with van der Waals surface area (Å²) in [6.07, 6.45) is -0.0647. The molecule has 5 heteroatoms. The zero-order valence-corrected chi connectivity index (χ0v) is 16.4. The molecule has 0 heterocycles. The van der Waals surface area contributed by atoms with E-state index < -0.39 is 5.97 Å². The minimum atomic E-state index is -0.880. The summed E-state index contributed by atoms with van der Waals surface area (Å²) in [7, 11) is 1.64.